The van der Waals surface area contributed by atoms with Gasteiger partial charge in [0.1, 0.15) is 0 Å². The highest BCUT2D eigenvalue weighted by Crippen LogP contribution is 2.14. The van der Waals surface area contributed by atoms with Crippen LogP contribution in [0.5, 0.6) is 0 Å². The summed E-state index contributed by atoms with van der Waals surface area (Å²) in [5.41, 5.74) is 0. The van der Waals surface area contributed by atoms with Crippen LogP contribution < -0.4 is 0 Å². The molecule has 4 nitrogen and oxygen atoms in total. The van der Waals surface area contributed by atoms with Gasteiger partial charge in [0.25, 0.3) is 0 Å². The Kier molecular flexibility index (Phi) is 4.13. The predicted molar refractivity (Wildman–Crippen MR) is 59.3 cm³/mol. The second-order valence-corrected chi connectivity index (χ2v) is 6.29. The number of sulfone groups is 1. The van der Waals surface area contributed by atoms with Gasteiger partial charge >= 0.3 is 0 Å². The van der Waals surface area contributed by atoms with Crippen molar-refractivity contribution >= 4 is 15.7 Å². The lowest BCUT2D eigenvalue weighted by atomic mass is 10.0. The quantitative estimate of drug-likeness (QED) is 0.720. The van der Waals surface area contributed by atoms with Crippen LogP contribution in [-0.4, -0.2) is 43.8 Å². The van der Waals surface area contributed by atoms with Crippen LogP contribution in [0.15, 0.2) is 0 Å². The zero-order chi connectivity index (χ0) is 11.5. The van der Waals surface area contributed by atoms with Crippen molar-refractivity contribution in [3.8, 4) is 0 Å². The van der Waals surface area contributed by atoms with E-state index in [0.29, 0.717) is 13.1 Å². The molecule has 1 aliphatic heterocycles. The highest BCUT2D eigenvalue weighted by Gasteiger charge is 2.27. The largest absolute Gasteiger partial charge is 0.340 e. The molecule has 1 saturated heterocycles. The van der Waals surface area contributed by atoms with Crippen molar-refractivity contribution < 1.29 is 13.2 Å². The Morgan fingerprint density at radius 1 is 1.20 bits per heavy atom. The van der Waals surface area contributed by atoms with Crippen molar-refractivity contribution in [2.75, 3.05) is 24.6 Å². The van der Waals surface area contributed by atoms with Gasteiger partial charge in [-0.25, -0.2) is 8.42 Å². The summed E-state index contributed by atoms with van der Waals surface area (Å²) in [7, 11) is -2.88. The van der Waals surface area contributed by atoms with E-state index in [2.05, 4.69) is 0 Å². The van der Waals surface area contributed by atoms with Crippen molar-refractivity contribution in [3.05, 3.63) is 0 Å². The molecule has 5 heteroatoms. The van der Waals surface area contributed by atoms with Crippen LogP contribution in [0.1, 0.15) is 26.7 Å². The molecule has 1 aliphatic rings. The molecular formula is C10H19NO3S. The zero-order valence-corrected chi connectivity index (χ0v) is 10.2. The molecule has 0 N–H and O–H groups in total. The van der Waals surface area contributed by atoms with Gasteiger partial charge in [0.15, 0.2) is 9.84 Å². The molecule has 0 atom stereocenters. The lowest BCUT2D eigenvalue weighted by Crippen LogP contribution is -2.46. The summed E-state index contributed by atoms with van der Waals surface area (Å²) in [6.07, 6.45) is 1.66. The van der Waals surface area contributed by atoms with Crippen LogP contribution in [0.4, 0.5) is 0 Å². The number of hydrogen-bond donors (Lipinski definition) is 0. The smallest absolute Gasteiger partial charge is 0.225 e. The predicted octanol–water partition coefficient (Wildman–Crippen LogP) is 0.680. The average Bonchev–Trinajstić information content (AvgIpc) is 2.19. The summed E-state index contributed by atoms with van der Waals surface area (Å²) < 4.78 is 22.4. The van der Waals surface area contributed by atoms with E-state index in [9.17, 15) is 13.2 Å². The summed E-state index contributed by atoms with van der Waals surface area (Å²) >= 11 is 0. The number of rotatable bonds is 3. The minimum Gasteiger partial charge on any atom is -0.340 e. The summed E-state index contributed by atoms with van der Waals surface area (Å²) in [6.45, 7) is 4.73. The third-order valence-corrected chi connectivity index (χ3v) is 4.60. The number of carbonyl (C=O) groups is 1. The molecule has 0 aromatic heterocycles. The van der Waals surface area contributed by atoms with E-state index < -0.39 is 9.84 Å². The summed E-state index contributed by atoms with van der Waals surface area (Å²) in [5, 5.41) is 0. The topological polar surface area (TPSA) is 54.5 Å². The van der Waals surface area contributed by atoms with Gasteiger partial charge in [-0.3, -0.25) is 4.79 Å². The molecule has 0 aromatic carbocycles. The molecule has 1 fully saturated rings. The molecule has 1 amide bonds. The Hall–Kier alpha value is -0.580. The van der Waals surface area contributed by atoms with Crippen molar-refractivity contribution in [3.63, 3.8) is 0 Å². The van der Waals surface area contributed by atoms with E-state index in [4.69, 9.17) is 0 Å². The summed E-state index contributed by atoms with van der Waals surface area (Å²) in [5.74, 6) is 0.429. The molecule has 15 heavy (non-hydrogen) atoms. The SMILES string of the molecule is CCC(CC)C(=O)N1CCS(=O)(=O)CC1. The van der Waals surface area contributed by atoms with Gasteiger partial charge in [-0.1, -0.05) is 13.8 Å². The number of hydrogen-bond acceptors (Lipinski definition) is 3. The van der Waals surface area contributed by atoms with E-state index in [1.54, 1.807) is 4.90 Å². The van der Waals surface area contributed by atoms with Gasteiger partial charge < -0.3 is 4.90 Å². The van der Waals surface area contributed by atoms with Gasteiger partial charge in [-0.15, -0.1) is 0 Å². The third kappa shape index (κ3) is 3.19. The third-order valence-electron chi connectivity index (χ3n) is 2.99. The van der Waals surface area contributed by atoms with Crippen molar-refractivity contribution in [1.29, 1.82) is 0 Å². The van der Waals surface area contributed by atoms with Crippen LogP contribution in [0, 0.1) is 5.92 Å². The van der Waals surface area contributed by atoms with Crippen molar-refractivity contribution in [2.45, 2.75) is 26.7 Å². The Labute approximate surface area is 91.6 Å². The average molecular weight is 233 g/mol. The molecule has 0 spiro atoms. The molecule has 0 aliphatic carbocycles. The lowest BCUT2D eigenvalue weighted by Gasteiger charge is -2.29. The number of carbonyl (C=O) groups excluding carboxylic acids is 1. The monoisotopic (exact) mass is 233 g/mol. The fraction of sp³-hybridized carbons (Fsp3) is 0.900. The van der Waals surface area contributed by atoms with Crippen molar-refractivity contribution in [1.82, 2.24) is 4.90 Å². The molecule has 1 rings (SSSR count). The van der Waals surface area contributed by atoms with E-state index in [1.165, 1.54) is 0 Å². The molecule has 88 valence electrons. The first-order valence-corrected chi connectivity index (χ1v) is 7.31. The molecule has 1 heterocycles. The minimum absolute atomic E-state index is 0.0609. The lowest BCUT2D eigenvalue weighted by molar-refractivity contribution is -0.135. The minimum atomic E-state index is -2.88. The first-order valence-electron chi connectivity index (χ1n) is 5.49. The fourth-order valence-electron chi connectivity index (χ4n) is 1.83. The Morgan fingerprint density at radius 3 is 2.07 bits per heavy atom. The Morgan fingerprint density at radius 2 is 1.67 bits per heavy atom. The maximum Gasteiger partial charge on any atom is 0.225 e. The Bertz CT molecular complexity index is 306. The maximum atomic E-state index is 11.9. The van der Waals surface area contributed by atoms with Crippen LogP contribution in [0.25, 0.3) is 0 Å². The van der Waals surface area contributed by atoms with Gasteiger partial charge in [-0.2, -0.15) is 0 Å². The molecule has 0 unspecified atom stereocenters. The summed E-state index contributed by atoms with van der Waals surface area (Å²) in [4.78, 5) is 13.6. The Balaban J connectivity index is 2.56. The van der Waals surface area contributed by atoms with Crippen LogP contribution in [0.2, 0.25) is 0 Å². The number of amides is 1. The van der Waals surface area contributed by atoms with Gasteiger partial charge in [0, 0.05) is 19.0 Å². The van der Waals surface area contributed by atoms with E-state index in [-0.39, 0.29) is 23.3 Å². The van der Waals surface area contributed by atoms with E-state index >= 15 is 0 Å². The van der Waals surface area contributed by atoms with Crippen LogP contribution >= 0.6 is 0 Å². The van der Waals surface area contributed by atoms with Crippen LogP contribution in [0.3, 0.4) is 0 Å². The molecular weight excluding hydrogens is 214 g/mol. The first kappa shape index (κ1) is 12.5. The van der Waals surface area contributed by atoms with Gasteiger partial charge in [0.2, 0.25) is 5.91 Å². The molecule has 0 aromatic rings. The first-order chi connectivity index (χ1) is 7.00. The normalized spacial score (nSPS) is 20.6. The summed E-state index contributed by atoms with van der Waals surface area (Å²) in [6, 6.07) is 0. The van der Waals surface area contributed by atoms with E-state index in [1.807, 2.05) is 13.8 Å². The molecule has 0 bridgehead atoms. The standard InChI is InChI=1S/C10H19NO3S/c1-3-9(4-2)10(12)11-5-7-15(13,14)8-6-11/h9H,3-8H2,1-2H3. The zero-order valence-electron chi connectivity index (χ0n) is 9.40. The highest BCUT2D eigenvalue weighted by molar-refractivity contribution is 7.91. The highest BCUT2D eigenvalue weighted by atomic mass is 32.2. The van der Waals surface area contributed by atoms with Crippen molar-refractivity contribution in [2.24, 2.45) is 5.92 Å². The number of nitrogens with zero attached hydrogens (tertiary/aromatic N) is 1. The molecule has 0 saturated carbocycles. The fourth-order valence-corrected chi connectivity index (χ4v) is 3.03. The van der Waals surface area contributed by atoms with E-state index in [0.717, 1.165) is 12.8 Å². The second-order valence-electron chi connectivity index (χ2n) is 3.99. The maximum absolute atomic E-state index is 11.9. The molecule has 0 radical (unpaired) electrons. The second kappa shape index (κ2) is 4.96. The van der Waals surface area contributed by atoms with Gasteiger partial charge in [0.05, 0.1) is 11.5 Å². The van der Waals surface area contributed by atoms with Gasteiger partial charge in [-0.05, 0) is 12.8 Å². The van der Waals surface area contributed by atoms with Crippen LogP contribution in [-0.2, 0) is 14.6 Å².